The third-order valence-electron chi connectivity index (χ3n) is 3.74. The van der Waals surface area contributed by atoms with Crippen molar-refractivity contribution in [3.05, 3.63) is 68.6 Å². The number of benzene rings is 1. The van der Waals surface area contributed by atoms with Crippen LogP contribution in [0.4, 0.5) is 0 Å². The molecule has 1 aromatic carbocycles. The molecule has 1 heterocycles. The number of aliphatic hydroxyl groups excluding tert-OH is 2. The minimum atomic E-state index is -0.686. The fraction of sp³-hybridized carbons (Fsp3) is 0.278. The lowest BCUT2D eigenvalue weighted by molar-refractivity contribution is 0.0923. The number of hydrogen-bond acceptors (Lipinski definition) is 5. The number of rotatable bonds is 8. The molecule has 0 aliphatic rings. The number of carbonyl (C=O) groups is 2. The Morgan fingerprint density at radius 2 is 1.67 bits per heavy atom. The standard InChI is InChI=1S/C18H20ClN3O5/c19-13-3-1-12(2-4-13)11-21-16(25)14-5-6-15(17(26)20-7-9-23)22(8-10-24)18(14)27/h1-6,23-24H,7-11H2,(H,20,26)(H,21,25). The van der Waals surface area contributed by atoms with E-state index in [2.05, 4.69) is 10.6 Å². The van der Waals surface area contributed by atoms with Gasteiger partial charge in [-0.1, -0.05) is 23.7 Å². The van der Waals surface area contributed by atoms with E-state index in [0.717, 1.165) is 10.1 Å². The number of halogens is 1. The Bertz CT molecular complexity index is 864. The molecule has 0 bridgehead atoms. The van der Waals surface area contributed by atoms with E-state index in [0.29, 0.717) is 5.02 Å². The second-order valence-corrected chi connectivity index (χ2v) is 6.04. The van der Waals surface area contributed by atoms with Gasteiger partial charge in [0.05, 0.1) is 13.2 Å². The Morgan fingerprint density at radius 3 is 2.30 bits per heavy atom. The normalized spacial score (nSPS) is 10.5. The van der Waals surface area contributed by atoms with Crippen molar-refractivity contribution in [1.29, 1.82) is 0 Å². The molecule has 2 amide bonds. The number of hydrogen-bond donors (Lipinski definition) is 4. The van der Waals surface area contributed by atoms with Crippen LogP contribution in [0.5, 0.6) is 0 Å². The Morgan fingerprint density at radius 1 is 0.963 bits per heavy atom. The van der Waals surface area contributed by atoms with Gasteiger partial charge >= 0.3 is 0 Å². The quantitative estimate of drug-likeness (QED) is 0.508. The second kappa shape index (κ2) is 9.86. The number of nitrogens with one attached hydrogen (secondary N) is 2. The zero-order valence-electron chi connectivity index (χ0n) is 14.4. The number of aliphatic hydroxyl groups is 2. The predicted molar refractivity (Wildman–Crippen MR) is 99.8 cm³/mol. The van der Waals surface area contributed by atoms with E-state index in [1.165, 1.54) is 12.1 Å². The van der Waals surface area contributed by atoms with Gasteiger partial charge in [-0.2, -0.15) is 0 Å². The van der Waals surface area contributed by atoms with Crippen LogP contribution in [0.25, 0.3) is 0 Å². The van der Waals surface area contributed by atoms with Crippen molar-refractivity contribution in [3.63, 3.8) is 0 Å². The first kappa shape index (κ1) is 20.6. The minimum Gasteiger partial charge on any atom is -0.395 e. The summed E-state index contributed by atoms with van der Waals surface area (Å²) in [5.41, 5.74) is -0.0226. The number of nitrogens with zero attached hydrogens (tertiary/aromatic N) is 1. The lowest BCUT2D eigenvalue weighted by Crippen LogP contribution is -2.38. The topological polar surface area (TPSA) is 121 Å². The maximum absolute atomic E-state index is 12.6. The van der Waals surface area contributed by atoms with Crippen molar-refractivity contribution in [2.45, 2.75) is 13.1 Å². The summed E-state index contributed by atoms with van der Waals surface area (Å²) in [6.07, 6.45) is 0. The summed E-state index contributed by atoms with van der Waals surface area (Å²) in [5.74, 6) is -1.17. The zero-order valence-corrected chi connectivity index (χ0v) is 15.2. The Hall–Kier alpha value is -2.68. The van der Waals surface area contributed by atoms with Crippen molar-refractivity contribution < 1.29 is 19.8 Å². The number of carbonyl (C=O) groups excluding carboxylic acids is 2. The first-order chi connectivity index (χ1) is 13.0. The molecule has 9 heteroatoms. The number of aromatic nitrogens is 1. The third-order valence-corrected chi connectivity index (χ3v) is 3.99. The first-order valence-electron chi connectivity index (χ1n) is 8.24. The van der Waals surface area contributed by atoms with Crippen LogP contribution in [0.15, 0.2) is 41.2 Å². The van der Waals surface area contributed by atoms with Crippen LogP contribution in [0, 0.1) is 0 Å². The highest BCUT2D eigenvalue weighted by Gasteiger charge is 2.18. The van der Waals surface area contributed by atoms with E-state index in [4.69, 9.17) is 16.7 Å². The van der Waals surface area contributed by atoms with Crippen LogP contribution in [0.3, 0.4) is 0 Å². The van der Waals surface area contributed by atoms with Gasteiger partial charge in [0.2, 0.25) is 0 Å². The molecular formula is C18H20ClN3O5. The maximum Gasteiger partial charge on any atom is 0.268 e. The molecule has 8 nitrogen and oxygen atoms in total. The van der Waals surface area contributed by atoms with Crippen molar-refractivity contribution in [1.82, 2.24) is 15.2 Å². The van der Waals surface area contributed by atoms with Crippen LogP contribution in [-0.2, 0) is 13.1 Å². The molecule has 0 unspecified atom stereocenters. The highest BCUT2D eigenvalue weighted by molar-refractivity contribution is 6.30. The van der Waals surface area contributed by atoms with Gasteiger partial charge in [-0.25, -0.2) is 0 Å². The highest BCUT2D eigenvalue weighted by Crippen LogP contribution is 2.09. The molecule has 0 atom stereocenters. The lowest BCUT2D eigenvalue weighted by atomic mass is 10.2. The van der Waals surface area contributed by atoms with Gasteiger partial charge in [0.15, 0.2) is 0 Å². The molecule has 2 rings (SSSR count). The van der Waals surface area contributed by atoms with E-state index in [-0.39, 0.29) is 44.1 Å². The summed E-state index contributed by atoms with van der Waals surface area (Å²) in [7, 11) is 0. The van der Waals surface area contributed by atoms with Gasteiger partial charge in [-0.15, -0.1) is 0 Å². The summed E-state index contributed by atoms with van der Waals surface area (Å²) in [6.45, 7) is -0.542. The smallest absolute Gasteiger partial charge is 0.268 e. The van der Waals surface area contributed by atoms with Gasteiger partial charge in [-0.05, 0) is 29.8 Å². The van der Waals surface area contributed by atoms with Crippen LogP contribution < -0.4 is 16.2 Å². The van der Waals surface area contributed by atoms with Gasteiger partial charge < -0.3 is 25.4 Å². The Kier molecular flexibility index (Phi) is 7.54. The first-order valence-corrected chi connectivity index (χ1v) is 8.62. The number of amides is 2. The molecule has 2 aromatic rings. The maximum atomic E-state index is 12.6. The minimum absolute atomic E-state index is 0.00301. The Labute approximate surface area is 160 Å². The van der Waals surface area contributed by atoms with E-state index in [1.807, 2.05) is 0 Å². The van der Waals surface area contributed by atoms with Crippen molar-refractivity contribution >= 4 is 23.4 Å². The average Bonchev–Trinajstić information content (AvgIpc) is 2.67. The fourth-order valence-electron chi connectivity index (χ4n) is 2.41. The van der Waals surface area contributed by atoms with Crippen molar-refractivity contribution in [2.24, 2.45) is 0 Å². The van der Waals surface area contributed by atoms with Crippen LogP contribution in [0.2, 0.25) is 5.02 Å². The number of pyridine rings is 1. The average molecular weight is 394 g/mol. The summed E-state index contributed by atoms with van der Waals surface area (Å²) >= 11 is 5.81. The summed E-state index contributed by atoms with van der Waals surface area (Å²) in [4.78, 5) is 37.1. The molecule has 27 heavy (non-hydrogen) atoms. The van der Waals surface area contributed by atoms with Gasteiger partial charge in [0.25, 0.3) is 17.4 Å². The zero-order chi connectivity index (χ0) is 19.8. The van der Waals surface area contributed by atoms with Crippen LogP contribution in [0.1, 0.15) is 26.4 Å². The molecule has 0 aliphatic carbocycles. The summed E-state index contributed by atoms with van der Waals surface area (Å²) in [6, 6.07) is 9.48. The van der Waals surface area contributed by atoms with Gasteiger partial charge in [0.1, 0.15) is 11.3 Å². The summed E-state index contributed by atoms with van der Waals surface area (Å²) < 4.78 is 1.03. The molecule has 0 aliphatic heterocycles. The summed E-state index contributed by atoms with van der Waals surface area (Å²) in [5, 5.41) is 23.6. The SMILES string of the molecule is O=C(NCc1ccc(Cl)cc1)c1ccc(C(=O)NCCO)n(CCO)c1=O. The Balaban J connectivity index is 2.21. The van der Waals surface area contributed by atoms with E-state index in [1.54, 1.807) is 24.3 Å². The molecule has 0 radical (unpaired) electrons. The molecule has 144 valence electrons. The fourth-order valence-corrected chi connectivity index (χ4v) is 2.54. The molecule has 0 saturated carbocycles. The molecule has 4 N–H and O–H groups in total. The van der Waals surface area contributed by atoms with Gasteiger partial charge in [-0.3, -0.25) is 14.4 Å². The van der Waals surface area contributed by atoms with Crippen molar-refractivity contribution in [2.75, 3.05) is 19.8 Å². The molecule has 0 saturated heterocycles. The molecule has 1 aromatic heterocycles. The predicted octanol–water partition coefficient (Wildman–Crippen LogP) is 0.146. The van der Waals surface area contributed by atoms with Crippen LogP contribution in [-0.4, -0.2) is 46.4 Å². The largest absolute Gasteiger partial charge is 0.395 e. The molecular weight excluding hydrogens is 374 g/mol. The van der Waals surface area contributed by atoms with E-state index in [9.17, 15) is 19.5 Å². The van der Waals surface area contributed by atoms with Crippen LogP contribution >= 0.6 is 11.6 Å². The van der Waals surface area contributed by atoms with Crippen molar-refractivity contribution in [3.8, 4) is 0 Å². The van der Waals surface area contributed by atoms with E-state index >= 15 is 0 Å². The lowest BCUT2D eigenvalue weighted by Gasteiger charge is -2.13. The van der Waals surface area contributed by atoms with E-state index < -0.39 is 17.4 Å². The monoisotopic (exact) mass is 393 g/mol. The third kappa shape index (κ3) is 5.40. The second-order valence-electron chi connectivity index (χ2n) is 5.60. The highest BCUT2D eigenvalue weighted by atomic mass is 35.5. The molecule has 0 fully saturated rings. The molecule has 0 spiro atoms. The van der Waals surface area contributed by atoms with Gasteiger partial charge in [0, 0.05) is 24.7 Å².